The average molecular weight is 289 g/mol. The van der Waals surface area contributed by atoms with Gasteiger partial charge in [0.1, 0.15) is 6.04 Å². The Morgan fingerprint density at radius 1 is 1.29 bits per heavy atom. The molecule has 1 aromatic carbocycles. The molecule has 0 aliphatic carbocycles. The zero-order valence-corrected chi connectivity index (χ0v) is 13.4. The monoisotopic (exact) mass is 289 g/mol. The van der Waals surface area contributed by atoms with Crippen LogP contribution < -0.4 is 10.6 Å². The Morgan fingerprint density at radius 3 is 2.48 bits per heavy atom. The number of amides is 1. The zero-order chi connectivity index (χ0) is 15.3. The van der Waals surface area contributed by atoms with E-state index in [1.165, 1.54) is 0 Å². The molecule has 1 atom stereocenters. The summed E-state index contributed by atoms with van der Waals surface area (Å²) >= 11 is 0. The fraction of sp³-hybridized carbons (Fsp3) is 0.588. The molecule has 4 nitrogen and oxygen atoms in total. The molecule has 1 saturated heterocycles. The lowest BCUT2D eigenvalue weighted by atomic mass is 9.81. The van der Waals surface area contributed by atoms with E-state index >= 15 is 0 Å². The molecule has 2 rings (SSSR count). The third-order valence-electron chi connectivity index (χ3n) is 4.38. The van der Waals surface area contributed by atoms with E-state index in [4.69, 9.17) is 0 Å². The maximum atomic E-state index is 12.6. The van der Waals surface area contributed by atoms with Gasteiger partial charge in [0.05, 0.1) is 0 Å². The minimum Gasteiger partial charge on any atom is -0.354 e. The van der Waals surface area contributed by atoms with Gasteiger partial charge in [-0.1, -0.05) is 37.3 Å². The number of hydrogen-bond donors (Lipinski definition) is 2. The van der Waals surface area contributed by atoms with Crippen LogP contribution in [0.5, 0.6) is 0 Å². The molecule has 1 fully saturated rings. The largest absolute Gasteiger partial charge is 0.354 e. The minimum absolute atomic E-state index is 0.0888. The van der Waals surface area contributed by atoms with Crippen molar-refractivity contribution in [2.45, 2.75) is 25.8 Å². The summed E-state index contributed by atoms with van der Waals surface area (Å²) < 4.78 is 0. The first-order chi connectivity index (χ1) is 10.0. The van der Waals surface area contributed by atoms with E-state index in [-0.39, 0.29) is 17.4 Å². The number of carbonyl (C=O) groups excluding carboxylic acids is 1. The molecule has 0 bridgehead atoms. The molecule has 21 heavy (non-hydrogen) atoms. The van der Waals surface area contributed by atoms with Crippen LogP contribution in [0.25, 0.3) is 0 Å². The molecule has 1 amide bonds. The molecular formula is C17H27N3O. The van der Waals surface area contributed by atoms with Crippen molar-refractivity contribution in [3.63, 3.8) is 0 Å². The van der Waals surface area contributed by atoms with E-state index in [0.29, 0.717) is 0 Å². The molecule has 1 aliphatic heterocycles. The Hall–Kier alpha value is -1.39. The Kier molecular flexibility index (Phi) is 5.37. The number of likely N-dealkylation sites (N-methyl/N-ethyl adjacent to an activating group) is 1. The molecular weight excluding hydrogens is 262 g/mol. The topological polar surface area (TPSA) is 44.4 Å². The number of rotatable bonds is 5. The van der Waals surface area contributed by atoms with Crippen LogP contribution in [-0.4, -0.2) is 44.5 Å². The highest BCUT2D eigenvalue weighted by Gasteiger charge is 2.29. The fourth-order valence-corrected chi connectivity index (χ4v) is 2.92. The van der Waals surface area contributed by atoms with Gasteiger partial charge in [-0.2, -0.15) is 0 Å². The van der Waals surface area contributed by atoms with Crippen molar-refractivity contribution < 1.29 is 4.79 Å². The predicted molar refractivity (Wildman–Crippen MR) is 86.1 cm³/mol. The van der Waals surface area contributed by atoms with E-state index in [0.717, 1.165) is 38.0 Å². The lowest BCUT2D eigenvalue weighted by molar-refractivity contribution is -0.126. The second-order valence-electron chi connectivity index (χ2n) is 6.56. The molecule has 1 aromatic rings. The lowest BCUT2D eigenvalue weighted by Crippen LogP contribution is -2.45. The third kappa shape index (κ3) is 4.29. The van der Waals surface area contributed by atoms with Gasteiger partial charge in [-0.25, -0.2) is 0 Å². The van der Waals surface area contributed by atoms with Crippen LogP contribution in [0.1, 0.15) is 31.4 Å². The van der Waals surface area contributed by atoms with Gasteiger partial charge < -0.3 is 10.6 Å². The molecule has 0 aromatic heterocycles. The number of carbonyl (C=O) groups is 1. The van der Waals surface area contributed by atoms with Crippen LogP contribution in [0.3, 0.4) is 0 Å². The van der Waals surface area contributed by atoms with Gasteiger partial charge in [0, 0.05) is 6.54 Å². The molecule has 1 heterocycles. The maximum absolute atomic E-state index is 12.6. The van der Waals surface area contributed by atoms with Crippen LogP contribution in [-0.2, 0) is 4.79 Å². The van der Waals surface area contributed by atoms with E-state index in [2.05, 4.69) is 17.6 Å². The Morgan fingerprint density at radius 2 is 1.90 bits per heavy atom. The predicted octanol–water partition coefficient (Wildman–Crippen LogP) is 1.80. The fourth-order valence-electron chi connectivity index (χ4n) is 2.92. The smallest absolute Gasteiger partial charge is 0.241 e. The number of hydrogen-bond acceptors (Lipinski definition) is 3. The molecule has 1 unspecified atom stereocenters. The number of nitrogens with zero attached hydrogens (tertiary/aromatic N) is 1. The van der Waals surface area contributed by atoms with Crippen molar-refractivity contribution in [2.24, 2.45) is 5.41 Å². The van der Waals surface area contributed by atoms with Gasteiger partial charge in [0.2, 0.25) is 5.91 Å². The summed E-state index contributed by atoms with van der Waals surface area (Å²) in [4.78, 5) is 14.6. The molecule has 0 radical (unpaired) electrons. The molecule has 0 saturated carbocycles. The Balaban J connectivity index is 1.99. The first kappa shape index (κ1) is 16.0. The minimum atomic E-state index is -0.225. The number of benzene rings is 1. The first-order valence-electron chi connectivity index (χ1n) is 7.72. The van der Waals surface area contributed by atoms with Crippen molar-refractivity contribution in [3.8, 4) is 0 Å². The molecule has 0 spiro atoms. The Labute approximate surface area is 127 Å². The van der Waals surface area contributed by atoms with E-state index in [1.807, 2.05) is 49.3 Å². The van der Waals surface area contributed by atoms with Gasteiger partial charge in [-0.05, 0) is 51.0 Å². The summed E-state index contributed by atoms with van der Waals surface area (Å²) in [5.74, 6) is 0.0888. The molecule has 4 heteroatoms. The van der Waals surface area contributed by atoms with E-state index in [9.17, 15) is 4.79 Å². The second-order valence-corrected chi connectivity index (χ2v) is 6.56. The molecule has 116 valence electrons. The summed E-state index contributed by atoms with van der Waals surface area (Å²) in [6, 6.07) is 9.73. The summed E-state index contributed by atoms with van der Waals surface area (Å²) in [6.45, 7) is 5.11. The summed E-state index contributed by atoms with van der Waals surface area (Å²) in [7, 11) is 3.90. The maximum Gasteiger partial charge on any atom is 0.241 e. The quantitative estimate of drug-likeness (QED) is 0.869. The highest BCUT2D eigenvalue weighted by molar-refractivity contribution is 5.83. The normalized spacial score (nSPS) is 19.2. The van der Waals surface area contributed by atoms with Crippen LogP contribution in [0.2, 0.25) is 0 Å². The zero-order valence-electron chi connectivity index (χ0n) is 13.4. The van der Waals surface area contributed by atoms with Crippen molar-refractivity contribution in [2.75, 3.05) is 33.7 Å². The van der Waals surface area contributed by atoms with Gasteiger partial charge in [-0.15, -0.1) is 0 Å². The van der Waals surface area contributed by atoms with Gasteiger partial charge in [0.15, 0.2) is 0 Å². The number of piperidine rings is 1. The van der Waals surface area contributed by atoms with Crippen LogP contribution in [0.15, 0.2) is 30.3 Å². The summed E-state index contributed by atoms with van der Waals surface area (Å²) in [6.07, 6.45) is 2.23. The average Bonchev–Trinajstić information content (AvgIpc) is 2.47. The number of nitrogens with one attached hydrogen (secondary N) is 2. The Bertz CT molecular complexity index is 452. The van der Waals surface area contributed by atoms with Crippen LogP contribution in [0.4, 0.5) is 0 Å². The SMILES string of the molecule is CN(C)C(C(=O)NCC1(C)CCNCC1)c1ccccc1. The molecule has 2 N–H and O–H groups in total. The highest BCUT2D eigenvalue weighted by atomic mass is 16.2. The van der Waals surface area contributed by atoms with Crippen molar-refractivity contribution in [1.29, 1.82) is 0 Å². The second kappa shape index (κ2) is 7.05. The lowest BCUT2D eigenvalue weighted by Gasteiger charge is -2.35. The summed E-state index contributed by atoms with van der Waals surface area (Å²) in [5.41, 5.74) is 1.25. The first-order valence-corrected chi connectivity index (χ1v) is 7.72. The van der Waals surface area contributed by atoms with Crippen molar-refractivity contribution in [1.82, 2.24) is 15.5 Å². The summed E-state index contributed by atoms with van der Waals surface area (Å²) in [5, 5.41) is 6.54. The third-order valence-corrected chi connectivity index (χ3v) is 4.38. The van der Waals surface area contributed by atoms with Gasteiger partial charge >= 0.3 is 0 Å². The van der Waals surface area contributed by atoms with Crippen LogP contribution in [0, 0.1) is 5.41 Å². The standard InChI is InChI=1S/C17H27N3O/c1-17(9-11-18-12-10-17)13-19-16(21)15(20(2)3)14-7-5-4-6-8-14/h4-8,15,18H,9-13H2,1-3H3,(H,19,21). The van der Waals surface area contributed by atoms with E-state index < -0.39 is 0 Å². The van der Waals surface area contributed by atoms with Crippen molar-refractivity contribution in [3.05, 3.63) is 35.9 Å². The van der Waals surface area contributed by atoms with Gasteiger partial charge in [0.25, 0.3) is 0 Å². The van der Waals surface area contributed by atoms with Crippen molar-refractivity contribution >= 4 is 5.91 Å². The van der Waals surface area contributed by atoms with E-state index in [1.54, 1.807) is 0 Å². The van der Waals surface area contributed by atoms with Crippen LogP contribution >= 0.6 is 0 Å². The highest BCUT2D eigenvalue weighted by Crippen LogP contribution is 2.27. The molecule has 1 aliphatic rings. The van der Waals surface area contributed by atoms with Gasteiger partial charge in [-0.3, -0.25) is 9.69 Å².